The number of carbonyl (C=O) groups is 1. The Morgan fingerprint density at radius 3 is 2.18 bits per heavy atom. The molecule has 1 atom stereocenters. The van der Waals surface area contributed by atoms with Crippen molar-refractivity contribution in [3.63, 3.8) is 0 Å². The average Bonchev–Trinajstić information content (AvgIpc) is 2.32. The van der Waals surface area contributed by atoms with E-state index in [4.69, 9.17) is 0 Å². The van der Waals surface area contributed by atoms with Crippen LogP contribution in [0.2, 0.25) is 0 Å². The maximum atomic E-state index is 11.8. The highest BCUT2D eigenvalue weighted by molar-refractivity contribution is 5.78. The third kappa shape index (κ3) is 7.36. The molecule has 1 unspecified atom stereocenters. The van der Waals surface area contributed by atoms with Crippen LogP contribution in [-0.2, 0) is 4.79 Å². The standard InChI is InChI=1S/C16H28O/c1-2-11-15-12-9-7-5-3-4-6-8-10-13-16(17)14-15/h2,11,15H,3-10,12-14H2,1H3/b11-2+. The van der Waals surface area contributed by atoms with Crippen LogP contribution >= 0.6 is 0 Å². The number of hydrogen-bond acceptors (Lipinski definition) is 1. The van der Waals surface area contributed by atoms with Gasteiger partial charge in [-0.25, -0.2) is 0 Å². The molecule has 1 aliphatic carbocycles. The fraction of sp³-hybridized carbons (Fsp3) is 0.812. The van der Waals surface area contributed by atoms with E-state index in [0.29, 0.717) is 11.7 Å². The first-order valence-corrected chi connectivity index (χ1v) is 7.47. The minimum absolute atomic E-state index is 0.479. The summed E-state index contributed by atoms with van der Waals surface area (Å²) >= 11 is 0. The van der Waals surface area contributed by atoms with Gasteiger partial charge in [0.05, 0.1) is 0 Å². The molecule has 0 bridgehead atoms. The molecular formula is C16H28O. The normalized spacial score (nSPS) is 26.2. The van der Waals surface area contributed by atoms with Gasteiger partial charge in [-0.1, -0.05) is 57.1 Å². The predicted octanol–water partition coefficient (Wildman–Crippen LogP) is 5.05. The molecule has 0 spiro atoms. The summed E-state index contributed by atoms with van der Waals surface area (Å²) in [6.07, 6.45) is 17.6. The van der Waals surface area contributed by atoms with Crippen LogP contribution in [0.5, 0.6) is 0 Å². The Bertz CT molecular complexity index is 230. The number of hydrogen-bond donors (Lipinski definition) is 0. The lowest BCUT2D eigenvalue weighted by Crippen LogP contribution is -2.06. The highest BCUT2D eigenvalue weighted by Crippen LogP contribution is 2.20. The van der Waals surface area contributed by atoms with Crippen molar-refractivity contribution in [2.45, 2.75) is 77.6 Å². The maximum absolute atomic E-state index is 11.8. The highest BCUT2D eigenvalue weighted by atomic mass is 16.1. The van der Waals surface area contributed by atoms with Gasteiger partial charge in [0.25, 0.3) is 0 Å². The molecule has 0 aliphatic heterocycles. The average molecular weight is 236 g/mol. The van der Waals surface area contributed by atoms with Crippen LogP contribution < -0.4 is 0 Å². The van der Waals surface area contributed by atoms with Crippen LogP contribution in [-0.4, -0.2) is 5.78 Å². The SMILES string of the molecule is C/C=C/C1CCCCCCCCCCC(=O)C1. The van der Waals surface area contributed by atoms with Crippen molar-refractivity contribution in [3.05, 3.63) is 12.2 Å². The van der Waals surface area contributed by atoms with Gasteiger partial charge in [0, 0.05) is 12.8 Å². The van der Waals surface area contributed by atoms with E-state index in [1.807, 2.05) is 0 Å². The van der Waals surface area contributed by atoms with Crippen LogP contribution in [0, 0.1) is 5.92 Å². The Hall–Kier alpha value is -0.590. The lowest BCUT2D eigenvalue weighted by molar-refractivity contribution is -0.119. The molecule has 0 N–H and O–H groups in total. The molecule has 1 heteroatoms. The molecule has 98 valence electrons. The number of Topliss-reactive ketones (excluding diaryl/α,β-unsaturated/α-hetero) is 1. The van der Waals surface area contributed by atoms with Crippen molar-refractivity contribution in [1.29, 1.82) is 0 Å². The zero-order valence-corrected chi connectivity index (χ0v) is 11.4. The minimum Gasteiger partial charge on any atom is -0.300 e. The number of rotatable bonds is 1. The maximum Gasteiger partial charge on any atom is 0.133 e. The van der Waals surface area contributed by atoms with Crippen LogP contribution in [0.15, 0.2) is 12.2 Å². The van der Waals surface area contributed by atoms with Gasteiger partial charge in [-0.3, -0.25) is 4.79 Å². The predicted molar refractivity (Wildman–Crippen MR) is 74.1 cm³/mol. The van der Waals surface area contributed by atoms with E-state index in [0.717, 1.165) is 19.3 Å². The topological polar surface area (TPSA) is 17.1 Å². The molecule has 0 amide bonds. The van der Waals surface area contributed by atoms with Gasteiger partial charge in [0.15, 0.2) is 0 Å². The molecule has 1 fully saturated rings. The van der Waals surface area contributed by atoms with E-state index in [9.17, 15) is 4.79 Å². The summed E-state index contributed by atoms with van der Waals surface area (Å²) in [6, 6.07) is 0. The molecule has 0 heterocycles. The first kappa shape index (κ1) is 14.5. The molecule has 1 aliphatic rings. The Kier molecular flexibility index (Phi) is 8.04. The minimum atomic E-state index is 0.479. The Morgan fingerprint density at radius 2 is 1.53 bits per heavy atom. The van der Waals surface area contributed by atoms with Crippen molar-refractivity contribution >= 4 is 5.78 Å². The summed E-state index contributed by atoms with van der Waals surface area (Å²) in [6.45, 7) is 2.06. The zero-order valence-electron chi connectivity index (χ0n) is 11.4. The third-order valence-corrected chi connectivity index (χ3v) is 3.74. The molecule has 1 nitrogen and oxygen atoms in total. The molecule has 0 saturated heterocycles. The monoisotopic (exact) mass is 236 g/mol. The first-order valence-electron chi connectivity index (χ1n) is 7.47. The fourth-order valence-electron chi connectivity index (χ4n) is 2.72. The van der Waals surface area contributed by atoms with Gasteiger partial charge >= 0.3 is 0 Å². The quantitative estimate of drug-likeness (QED) is 0.582. The van der Waals surface area contributed by atoms with Crippen molar-refractivity contribution < 1.29 is 4.79 Å². The molecule has 1 rings (SSSR count). The second kappa shape index (κ2) is 9.44. The summed E-state index contributed by atoms with van der Waals surface area (Å²) < 4.78 is 0. The summed E-state index contributed by atoms with van der Waals surface area (Å²) in [5.41, 5.74) is 0. The number of ketones is 1. The lowest BCUT2D eigenvalue weighted by atomic mass is 9.93. The van der Waals surface area contributed by atoms with Gasteiger partial charge in [0.2, 0.25) is 0 Å². The van der Waals surface area contributed by atoms with E-state index >= 15 is 0 Å². The number of allylic oxidation sites excluding steroid dienone is 2. The molecule has 17 heavy (non-hydrogen) atoms. The van der Waals surface area contributed by atoms with Gasteiger partial charge in [-0.2, -0.15) is 0 Å². The molecule has 0 aromatic rings. The Balaban J connectivity index is 2.40. The molecule has 0 aromatic carbocycles. The summed E-state index contributed by atoms with van der Waals surface area (Å²) in [4.78, 5) is 11.8. The summed E-state index contributed by atoms with van der Waals surface area (Å²) in [5, 5.41) is 0. The molecule has 1 saturated carbocycles. The van der Waals surface area contributed by atoms with Gasteiger partial charge in [0.1, 0.15) is 5.78 Å². The second-order valence-corrected chi connectivity index (χ2v) is 5.40. The second-order valence-electron chi connectivity index (χ2n) is 5.40. The van der Waals surface area contributed by atoms with E-state index in [1.165, 1.54) is 51.4 Å². The van der Waals surface area contributed by atoms with Crippen LogP contribution in [0.4, 0.5) is 0 Å². The molecular weight excluding hydrogens is 208 g/mol. The van der Waals surface area contributed by atoms with Crippen LogP contribution in [0.3, 0.4) is 0 Å². The van der Waals surface area contributed by atoms with Crippen LogP contribution in [0.1, 0.15) is 77.6 Å². The Morgan fingerprint density at radius 1 is 0.941 bits per heavy atom. The molecule has 0 aromatic heterocycles. The number of carbonyl (C=O) groups excluding carboxylic acids is 1. The lowest BCUT2D eigenvalue weighted by Gasteiger charge is -2.11. The van der Waals surface area contributed by atoms with Gasteiger partial charge in [-0.15, -0.1) is 0 Å². The zero-order chi connectivity index (χ0) is 12.3. The van der Waals surface area contributed by atoms with E-state index < -0.39 is 0 Å². The molecule has 0 radical (unpaired) electrons. The Labute approximate surface area is 107 Å². The third-order valence-electron chi connectivity index (χ3n) is 3.74. The van der Waals surface area contributed by atoms with Crippen molar-refractivity contribution in [2.24, 2.45) is 5.92 Å². The van der Waals surface area contributed by atoms with E-state index in [1.54, 1.807) is 0 Å². The summed E-state index contributed by atoms with van der Waals surface area (Å²) in [5.74, 6) is 0.987. The first-order chi connectivity index (χ1) is 8.33. The van der Waals surface area contributed by atoms with Gasteiger partial charge in [-0.05, 0) is 25.7 Å². The van der Waals surface area contributed by atoms with E-state index in [-0.39, 0.29) is 0 Å². The smallest absolute Gasteiger partial charge is 0.133 e. The van der Waals surface area contributed by atoms with Crippen molar-refractivity contribution in [1.82, 2.24) is 0 Å². The van der Waals surface area contributed by atoms with E-state index in [2.05, 4.69) is 19.1 Å². The van der Waals surface area contributed by atoms with Crippen molar-refractivity contribution in [2.75, 3.05) is 0 Å². The van der Waals surface area contributed by atoms with Gasteiger partial charge < -0.3 is 0 Å². The fourth-order valence-corrected chi connectivity index (χ4v) is 2.72. The summed E-state index contributed by atoms with van der Waals surface area (Å²) in [7, 11) is 0. The van der Waals surface area contributed by atoms with Crippen LogP contribution in [0.25, 0.3) is 0 Å². The van der Waals surface area contributed by atoms with Crippen molar-refractivity contribution in [3.8, 4) is 0 Å². The highest BCUT2D eigenvalue weighted by Gasteiger charge is 2.11. The largest absolute Gasteiger partial charge is 0.300 e.